The minimum absolute atomic E-state index is 0.319. The van der Waals surface area contributed by atoms with Crippen LogP contribution in [0.25, 0.3) is 5.57 Å². The van der Waals surface area contributed by atoms with Crippen molar-refractivity contribution in [1.82, 2.24) is 0 Å². The van der Waals surface area contributed by atoms with E-state index in [1.165, 1.54) is 19.3 Å². The molecule has 0 radical (unpaired) electrons. The summed E-state index contributed by atoms with van der Waals surface area (Å²) in [4.78, 5) is 0. The van der Waals surface area contributed by atoms with Gasteiger partial charge in [-0.2, -0.15) is 0 Å². The molecule has 1 aromatic carbocycles. The van der Waals surface area contributed by atoms with Crippen LogP contribution in [-0.4, -0.2) is 5.11 Å². The quantitative estimate of drug-likeness (QED) is 0.696. The molecule has 1 heteroatoms. The summed E-state index contributed by atoms with van der Waals surface area (Å²) in [6.45, 7) is 6.22. The lowest BCUT2D eigenvalue weighted by Crippen LogP contribution is -1.83. The van der Waals surface area contributed by atoms with Crippen molar-refractivity contribution in [3.05, 3.63) is 36.4 Å². The van der Waals surface area contributed by atoms with Crippen molar-refractivity contribution in [3.63, 3.8) is 0 Å². The van der Waals surface area contributed by atoms with E-state index in [1.807, 2.05) is 12.1 Å². The molecule has 0 unspecified atom stereocenters. The Hall–Kier alpha value is -1.24. The predicted octanol–water partition coefficient (Wildman–Crippen LogP) is 3.99. The van der Waals surface area contributed by atoms with Gasteiger partial charge in [0.05, 0.1) is 0 Å². The smallest absolute Gasteiger partial charge is 0.116 e. The fourth-order valence-electron chi connectivity index (χ4n) is 1.46. The first-order valence-corrected chi connectivity index (χ1v) is 5.21. The van der Waals surface area contributed by atoms with Crippen LogP contribution in [0, 0.1) is 0 Å². The molecule has 0 aliphatic carbocycles. The van der Waals surface area contributed by atoms with Crippen LogP contribution in [0.15, 0.2) is 30.8 Å². The van der Waals surface area contributed by atoms with Gasteiger partial charge in [0.1, 0.15) is 5.75 Å². The predicted molar refractivity (Wildman–Crippen MR) is 61.3 cm³/mol. The average Bonchev–Trinajstić information content (AvgIpc) is 2.18. The maximum absolute atomic E-state index is 9.29. The number of aromatic hydroxyl groups is 1. The van der Waals surface area contributed by atoms with Crippen LogP contribution in [0.4, 0.5) is 0 Å². The van der Waals surface area contributed by atoms with Crippen molar-refractivity contribution in [3.8, 4) is 5.75 Å². The summed E-state index contributed by atoms with van der Waals surface area (Å²) in [5.41, 5.74) is 2.18. The Kier molecular flexibility index (Phi) is 4.24. The molecule has 0 aliphatic rings. The zero-order chi connectivity index (χ0) is 10.4. The van der Waals surface area contributed by atoms with E-state index in [1.54, 1.807) is 12.1 Å². The molecule has 0 heterocycles. The van der Waals surface area contributed by atoms with Gasteiger partial charge in [0, 0.05) is 0 Å². The monoisotopic (exact) mass is 190 g/mol. The van der Waals surface area contributed by atoms with Crippen LogP contribution in [0.2, 0.25) is 0 Å². The first kappa shape index (κ1) is 10.8. The first-order chi connectivity index (χ1) is 6.74. The van der Waals surface area contributed by atoms with Crippen LogP contribution in [0.1, 0.15) is 38.2 Å². The molecule has 1 rings (SSSR count). The maximum atomic E-state index is 9.29. The number of rotatable bonds is 5. The van der Waals surface area contributed by atoms with Crippen LogP contribution in [-0.2, 0) is 0 Å². The lowest BCUT2D eigenvalue weighted by molar-refractivity contribution is 0.475. The summed E-state index contributed by atoms with van der Waals surface area (Å²) in [7, 11) is 0. The molecule has 14 heavy (non-hydrogen) atoms. The van der Waals surface area contributed by atoms with Crippen LogP contribution < -0.4 is 0 Å². The normalized spacial score (nSPS) is 10.1. The van der Waals surface area contributed by atoms with Crippen LogP contribution in [0.5, 0.6) is 5.75 Å². The van der Waals surface area contributed by atoms with Gasteiger partial charge in [-0.3, -0.25) is 0 Å². The van der Waals surface area contributed by atoms with E-state index in [4.69, 9.17) is 0 Å². The van der Waals surface area contributed by atoms with E-state index in [2.05, 4.69) is 13.5 Å². The summed E-state index contributed by atoms with van der Waals surface area (Å²) >= 11 is 0. The highest BCUT2D eigenvalue weighted by Gasteiger charge is 1.99. The number of phenols is 1. The zero-order valence-corrected chi connectivity index (χ0v) is 8.79. The van der Waals surface area contributed by atoms with Gasteiger partial charge in [-0.05, 0) is 36.1 Å². The van der Waals surface area contributed by atoms with E-state index in [9.17, 15) is 5.11 Å². The minimum atomic E-state index is 0.319. The molecule has 1 N–H and O–H groups in total. The van der Waals surface area contributed by atoms with Gasteiger partial charge in [-0.25, -0.2) is 0 Å². The van der Waals surface area contributed by atoms with Crippen molar-refractivity contribution in [2.45, 2.75) is 32.6 Å². The highest BCUT2D eigenvalue weighted by atomic mass is 16.3. The van der Waals surface area contributed by atoms with Gasteiger partial charge in [-0.15, -0.1) is 0 Å². The van der Waals surface area contributed by atoms with Gasteiger partial charge in [0.15, 0.2) is 0 Å². The molecule has 0 bridgehead atoms. The Morgan fingerprint density at radius 2 is 2.14 bits per heavy atom. The molecule has 0 saturated heterocycles. The van der Waals surface area contributed by atoms with Crippen molar-refractivity contribution in [2.75, 3.05) is 0 Å². The van der Waals surface area contributed by atoms with Gasteiger partial charge < -0.3 is 5.11 Å². The van der Waals surface area contributed by atoms with Crippen molar-refractivity contribution in [2.24, 2.45) is 0 Å². The third-order valence-electron chi connectivity index (χ3n) is 2.34. The summed E-state index contributed by atoms with van der Waals surface area (Å²) < 4.78 is 0. The average molecular weight is 190 g/mol. The van der Waals surface area contributed by atoms with E-state index >= 15 is 0 Å². The second kappa shape index (κ2) is 5.48. The Morgan fingerprint density at radius 3 is 2.79 bits per heavy atom. The number of hydrogen-bond donors (Lipinski definition) is 1. The molecule has 0 atom stereocenters. The maximum Gasteiger partial charge on any atom is 0.116 e. The number of phenolic OH excluding ortho intramolecular Hbond substituents is 1. The third kappa shape index (κ3) is 3.25. The lowest BCUT2D eigenvalue weighted by atomic mass is 10.0. The Balaban J connectivity index is 2.52. The van der Waals surface area contributed by atoms with Crippen molar-refractivity contribution < 1.29 is 5.11 Å². The minimum Gasteiger partial charge on any atom is -0.508 e. The van der Waals surface area contributed by atoms with Crippen molar-refractivity contribution >= 4 is 5.57 Å². The summed E-state index contributed by atoms with van der Waals surface area (Å²) in [6.07, 6.45) is 4.69. The van der Waals surface area contributed by atoms with Crippen molar-refractivity contribution in [1.29, 1.82) is 0 Å². The Bertz CT molecular complexity index is 302. The molecule has 1 aromatic rings. The molecule has 0 aromatic heterocycles. The molecule has 0 saturated carbocycles. The fraction of sp³-hybridized carbons (Fsp3) is 0.385. The Labute approximate surface area is 86.1 Å². The fourth-order valence-corrected chi connectivity index (χ4v) is 1.46. The largest absolute Gasteiger partial charge is 0.508 e. The molecule has 0 spiro atoms. The number of benzene rings is 1. The van der Waals surface area contributed by atoms with Crippen LogP contribution >= 0.6 is 0 Å². The highest BCUT2D eigenvalue weighted by Crippen LogP contribution is 2.22. The van der Waals surface area contributed by atoms with E-state index in [0.717, 1.165) is 17.6 Å². The summed E-state index contributed by atoms with van der Waals surface area (Å²) in [5.74, 6) is 0.319. The highest BCUT2D eigenvalue weighted by molar-refractivity contribution is 5.64. The number of hydrogen-bond acceptors (Lipinski definition) is 1. The van der Waals surface area contributed by atoms with E-state index in [0.29, 0.717) is 5.75 Å². The van der Waals surface area contributed by atoms with Gasteiger partial charge in [-0.1, -0.05) is 38.5 Å². The summed E-state index contributed by atoms with van der Waals surface area (Å²) in [6, 6.07) is 7.31. The van der Waals surface area contributed by atoms with Crippen LogP contribution in [0.3, 0.4) is 0 Å². The van der Waals surface area contributed by atoms with Gasteiger partial charge in [0.2, 0.25) is 0 Å². The molecule has 76 valence electrons. The van der Waals surface area contributed by atoms with Gasteiger partial charge >= 0.3 is 0 Å². The second-order valence-electron chi connectivity index (χ2n) is 3.61. The van der Waals surface area contributed by atoms with E-state index < -0.39 is 0 Å². The molecule has 1 nitrogen and oxygen atoms in total. The third-order valence-corrected chi connectivity index (χ3v) is 2.34. The topological polar surface area (TPSA) is 20.2 Å². The Morgan fingerprint density at radius 1 is 1.36 bits per heavy atom. The SMILES string of the molecule is C=C(CCCCC)c1cccc(O)c1. The molecule has 0 aliphatic heterocycles. The molecular weight excluding hydrogens is 172 g/mol. The molecular formula is C13H18O. The first-order valence-electron chi connectivity index (χ1n) is 5.21. The number of allylic oxidation sites excluding steroid dienone is 1. The summed E-state index contributed by atoms with van der Waals surface area (Å²) in [5, 5.41) is 9.29. The molecule has 0 amide bonds. The van der Waals surface area contributed by atoms with E-state index in [-0.39, 0.29) is 0 Å². The van der Waals surface area contributed by atoms with Gasteiger partial charge in [0.25, 0.3) is 0 Å². The number of unbranched alkanes of at least 4 members (excludes halogenated alkanes) is 2. The molecule has 0 fully saturated rings. The lowest BCUT2D eigenvalue weighted by Gasteiger charge is -2.05. The zero-order valence-electron chi connectivity index (χ0n) is 8.79. The second-order valence-corrected chi connectivity index (χ2v) is 3.61. The standard InChI is InChI=1S/C13H18O/c1-3-4-5-7-11(2)12-8-6-9-13(14)10-12/h6,8-10,14H,2-5,7H2,1H3.